The molecular formula is C28H58O5Si2. The lowest BCUT2D eigenvalue weighted by atomic mass is 10.00. The molecule has 0 aromatic rings. The Morgan fingerprint density at radius 3 is 1.80 bits per heavy atom. The number of hydrogen-bond donors (Lipinski definition) is 1. The Balaban J connectivity index is 0. The van der Waals surface area contributed by atoms with E-state index < -0.39 is 16.6 Å². The number of aliphatic hydroxyl groups is 1. The van der Waals surface area contributed by atoms with E-state index in [9.17, 15) is 4.79 Å². The molecule has 0 bridgehead atoms. The molecule has 0 fully saturated rings. The van der Waals surface area contributed by atoms with Gasteiger partial charge in [-0.05, 0) is 74.8 Å². The number of rotatable bonds is 15. The molecule has 0 amide bonds. The van der Waals surface area contributed by atoms with Gasteiger partial charge in [-0.2, -0.15) is 0 Å². The number of carbonyl (C=O) groups is 1. The van der Waals surface area contributed by atoms with E-state index >= 15 is 0 Å². The van der Waals surface area contributed by atoms with Crippen molar-refractivity contribution in [2.75, 3.05) is 26.4 Å². The molecule has 208 valence electrons. The summed E-state index contributed by atoms with van der Waals surface area (Å²) in [5.74, 6) is 0.0554. The van der Waals surface area contributed by atoms with Gasteiger partial charge in [-0.3, -0.25) is 4.79 Å². The topological polar surface area (TPSA) is 65.0 Å². The number of unbranched alkanes of at least 4 members (excludes halogenated alkanes) is 1. The molecule has 0 radical (unpaired) electrons. The van der Waals surface area contributed by atoms with Crippen LogP contribution in [0.4, 0.5) is 0 Å². The first-order valence-electron chi connectivity index (χ1n) is 13.3. The molecule has 0 rings (SSSR count). The molecule has 0 aliphatic heterocycles. The summed E-state index contributed by atoms with van der Waals surface area (Å²) in [6, 6.07) is 0. The normalized spacial score (nSPS) is 13.8. The zero-order valence-electron chi connectivity index (χ0n) is 25.0. The maximum atomic E-state index is 11.4. The lowest BCUT2D eigenvalue weighted by molar-refractivity contribution is -0.143. The van der Waals surface area contributed by atoms with Crippen LogP contribution in [-0.4, -0.2) is 54.1 Å². The maximum Gasteiger partial charge on any atom is 0.306 e. The SMILES string of the molecule is C=CC(CCCO[Si](C)(C)C(C)(C)C)CC(=O)OCC.CC(C)(C)[Si](C)(C)OCCC/C=C/CO. The van der Waals surface area contributed by atoms with E-state index in [4.69, 9.17) is 18.7 Å². The largest absolute Gasteiger partial charge is 0.466 e. The van der Waals surface area contributed by atoms with Gasteiger partial charge in [0.1, 0.15) is 0 Å². The summed E-state index contributed by atoms with van der Waals surface area (Å²) >= 11 is 0. The van der Waals surface area contributed by atoms with Gasteiger partial charge in [-0.1, -0.05) is 59.8 Å². The number of hydrogen-bond acceptors (Lipinski definition) is 5. The summed E-state index contributed by atoms with van der Waals surface area (Å²) in [7, 11) is -3.20. The van der Waals surface area contributed by atoms with Crippen molar-refractivity contribution in [3.8, 4) is 0 Å². The fraction of sp³-hybridized carbons (Fsp3) is 0.821. The highest BCUT2D eigenvalue weighted by Crippen LogP contribution is 2.37. The molecule has 1 atom stereocenters. The van der Waals surface area contributed by atoms with Crippen molar-refractivity contribution in [1.29, 1.82) is 0 Å². The molecule has 0 spiro atoms. The lowest BCUT2D eigenvalue weighted by Gasteiger charge is -2.36. The van der Waals surface area contributed by atoms with Crippen LogP contribution in [0.2, 0.25) is 36.3 Å². The van der Waals surface area contributed by atoms with Crippen LogP contribution >= 0.6 is 0 Å². The number of esters is 1. The van der Waals surface area contributed by atoms with Gasteiger partial charge in [0.15, 0.2) is 16.6 Å². The second kappa shape index (κ2) is 17.7. The first-order valence-corrected chi connectivity index (χ1v) is 19.1. The van der Waals surface area contributed by atoms with E-state index in [-0.39, 0.29) is 23.5 Å². The summed E-state index contributed by atoms with van der Waals surface area (Å²) in [5.41, 5.74) is 0. The van der Waals surface area contributed by atoms with Gasteiger partial charge in [-0.25, -0.2) is 0 Å². The molecule has 0 aromatic carbocycles. The van der Waals surface area contributed by atoms with E-state index in [1.165, 1.54) is 0 Å². The van der Waals surface area contributed by atoms with Crippen LogP contribution in [-0.2, 0) is 18.4 Å². The summed E-state index contributed by atoms with van der Waals surface area (Å²) in [6.45, 7) is 30.4. The smallest absolute Gasteiger partial charge is 0.306 e. The molecule has 1 N–H and O–H groups in total. The van der Waals surface area contributed by atoms with Crippen LogP contribution in [0.15, 0.2) is 24.8 Å². The van der Waals surface area contributed by atoms with E-state index in [1.54, 1.807) is 6.08 Å². The third-order valence-corrected chi connectivity index (χ3v) is 16.2. The molecule has 0 saturated heterocycles. The van der Waals surface area contributed by atoms with Crippen LogP contribution in [0, 0.1) is 5.92 Å². The number of carbonyl (C=O) groups excluding carboxylic acids is 1. The molecule has 35 heavy (non-hydrogen) atoms. The molecule has 5 nitrogen and oxygen atoms in total. The van der Waals surface area contributed by atoms with Crippen molar-refractivity contribution in [3.63, 3.8) is 0 Å². The highest BCUT2D eigenvalue weighted by atomic mass is 28.4. The third kappa shape index (κ3) is 17.4. The Labute approximate surface area is 220 Å². The van der Waals surface area contributed by atoms with Gasteiger partial charge < -0.3 is 18.7 Å². The fourth-order valence-electron chi connectivity index (χ4n) is 2.56. The summed E-state index contributed by atoms with van der Waals surface area (Å²) in [5, 5.41) is 9.09. The minimum Gasteiger partial charge on any atom is -0.466 e. The zero-order valence-corrected chi connectivity index (χ0v) is 27.0. The van der Waals surface area contributed by atoms with Gasteiger partial charge in [0, 0.05) is 13.2 Å². The van der Waals surface area contributed by atoms with Gasteiger partial charge in [0.05, 0.1) is 19.6 Å². The molecule has 0 saturated carbocycles. The van der Waals surface area contributed by atoms with Crippen molar-refractivity contribution in [3.05, 3.63) is 24.8 Å². The molecule has 0 aromatic heterocycles. The van der Waals surface area contributed by atoms with E-state index in [0.29, 0.717) is 18.1 Å². The van der Waals surface area contributed by atoms with E-state index in [1.807, 2.05) is 19.1 Å². The zero-order chi connectivity index (χ0) is 27.8. The average molecular weight is 531 g/mol. The van der Waals surface area contributed by atoms with Crippen LogP contribution in [0.5, 0.6) is 0 Å². The highest BCUT2D eigenvalue weighted by molar-refractivity contribution is 6.74. The Bertz CT molecular complexity index is 601. The van der Waals surface area contributed by atoms with Gasteiger partial charge >= 0.3 is 5.97 Å². The Morgan fingerprint density at radius 1 is 0.914 bits per heavy atom. The predicted molar refractivity (Wildman–Crippen MR) is 156 cm³/mol. The fourth-order valence-corrected chi connectivity index (χ4v) is 4.74. The standard InChI is InChI=1S/C16H32O3Si.C12H26O2Si/c1-8-14(13-15(17)18-9-2)11-10-12-19-20(6,7)16(3,4)5;1-12(2,3)15(4,5)14-11-9-7-6-8-10-13/h8,14H,1,9-13H2,2-7H3;6,8,13H,7,9-11H2,1-5H3/b;8-6+. The van der Waals surface area contributed by atoms with Crippen LogP contribution in [0.1, 0.15) is 80.6 Å². The second-order valence-electron chi connectivity index (χ2n) is 12.2. The number of ether oxygens (including phenoxy) is 1. The van der Waals surface area contributed by atoms with Crippen LogP contribution in [0.25, 0.3) is 0 Å². The summed E-state index contributed by atoms with van der Waals surface area (Å²) in [4.78, 5) is 11.4. The highest BCUT2D eigenvalue weighted by Gasteiger charge is 2.37. The monoisotopic (exact) mass is 530 g/mol. The van der Waals surface area contributed by atoms with Crippen molar-refractivity contribution in [1.82, 2.24) is 0 Å². The van der Waals surface area contributed by atoms with E-state index in [2.05, 4.69) is 74.3 Å². The molecule has 0 aliphatic rings. The Hall–Kier alpha value is -0.736. The quantitative estimate of drug-likeness (QED) is 0.101. The van der Waals surface area contributed by atoms with Crippen molar-refractivity contribution >= 4 is 22.6 Å². The third-order valence-electron chi connectivity index (χ3n) is 7.11. The van der Waals surface area contributed by atoms with Crippen molar-refractivity contribution < 1.29 is 23.5 Å². The average Bonchev–Trinajstić information content (AvgIpc) is 2.71. The number of allylic oxidation sites excluding steroid dienone is 2. The summed E-state index contributed by atoms with van der Waals surface area (Å²) in [6.07, 6.45) is 10.00. The summed E-state index contributed by atoms with van der Waals surface area (Å²) < 4.78 is 17.1. The molecular weight excluding hydrogens is 472 g/mol. The van der Waals surface area contributed by atoms with Gasteiger partial charge in [-0.15, -0.1) is 6.58 Å². The van der Waals surface area contributed by atoms with Gasteiger partial charge in [0.25, 0.3) is 0 Å². The first kappa shape index (κ1) is 36.4. The molecule has 0 heterocycles. The first-order chi connectivity index (χ1) is 15.9. The number of aliphatic hydroxyl groups excluding tert-OH is 1. The molecule has 1 unspecified atom stereocenters. The minimum absolute atomic E-state index is 0.136. The second-order valence-corrected chi connectivity index (χ2v) is 21.8. The maximum absolute atomic E-state index is 11.4. The van der Waals surface area contributed by atoms with Crippen LogP contribution < -0.4 is 0 Å². The Kier molecular flexibility index (Phi) is 18.4. The van der Waals surface area contributed by atoms with Gasteiger partial charge in [0.2, 0.25) is 0 Å². The predicted octanol–water partition coefficient (Wildman–Crippen LogP) is 7.88. The van der Waals surface area contributed by atoms with Crippen molar-refractivity contribution in [2.45, 2.75) is 117 Å². The van der Waals surface area contributed by atoms with E-state index in [0.717, 1.165) is 38.9 Å². The Morgan fingerprint density at radius 2 is 1.40 bits per heavy atom. The molecule has 0 aliphatic carbocycles. The molecule has 7 heteroatoms. The van der Waals surface area contributed by atoms with Crippen LogP contribution in [0.3, 0.4) is 0 Å². The minimum atomic E-state index is -1.65. The van der Waals surface area contributed by atoms with Crippen molar-refractivity contribution in [2.24, 2.45) is 5.92 Å². The lowest BCUT2D eigenvalue weighted by Crippen LogP contribution is -2.41.